The van der Waals surface area contributed by atoms with E-state index in [0.29, 0.717) is 0 Å². The first-order valence-electron chi connectivity index (χ1n) is 7.38. The maximum absolute atomic E-state index is 12.8. The normalized spacial score (nSPS) is 30.4. The van der Waals surface area contributed by atoms with Crippen molar-refractivity contribution in [2.45, 2.75) is 31.4 Å². The number of aliphatic hydroxyl groups excluding tert-OH is 1. The Morgan fingerprint density at radius 1 is 1.25 bits per heavy atom. The van der Waals surface area contributed by atoms with E-state index in [0.717, 1.165) is 37.3 Å². The monoisotopic (exact) mass is 291 g/mol. The average molecular weight is 291 g/mol. The molecule has 3 atom stereocenters. The summed E-state index contributed by atoms with van der Waals surface area (Å²) in [5, 5.41) is 9.99. The van der Waals surface area contributed by atoms with Crippen molar-refractivity contribution in [3.05, 3.63) is 35.9 Å². The third kappa shape index (κ3) is 2.72. The van der Waals surface area contributed by atoms with E-state index in [1.165, 1.54) is 5.56 Å². The summed E-state index contributed by atoms with van der Waals surface area (Å²) in [5.41, 5.74) is 1.21. The first-order chi connectivity index (χ1) is 9.77. The minimum Gasteiger partial charge on any atom is -0.392 e. The van der Waals surface area contributed by atoms with Gasteiger partial charge in [-0.25, -0.2) is 0 Å². The number of nitrogens with zero attached hydrogens (tertiary/aromatic N) is 1. The fourth-order valence-corrected chi connectivity index (χ4v) is 4.35. The maximum atomic E-state index is 12.8. The molecule has 1 aromatic carbocycles. The Labute approximate surface area is 124 Å². The van der Waals surface area contributed by atoms with E-state index in [-0.39, 0.29) is 17.9 Å². The lowest BCUT2D eigenvalue weighted by molar-refractivity contribution is -0.140. The van der Waals surface area contributed by atoms with Gasteiger partial charge in [-0.3, -0.25) is 4.79 Å². The van der Waals surface area contributed by atoms with Gasteiger partial charge in [-0.1, -0.05) is 30.3 Å². The second-order valence-electron chi connectivity index (χ2n) is 5.64. The molecule has 4 heteroatoms. The van der Waals surface area contributed by atoms with Gasteiger partial charge in [-0.2, -0.15) is 11.8 Å². The highest BCUT2D eigenvalue weighted by Gasteiger charge is 2.38. The Morgan fingerprint density at radius 3 is 2.75 bits per heavy atom. The lowest BCUT2D eigenvalue weighted by Gasteiger charge is -2.37. The molecule has 3 unspecified atom stereocenters. The molecular formula is C16H21NO2S. The van der Waals surface area contributed by atoms with E-state index in [4.69, 9.17) is 0 Å². The minimum atomic E-state index is -0.437. The number of hydrogen-bond acceptors (Lipinski definition) is 3. The van der Waals surface area contributed by atoms with Crippen molar-refractivity contribution in [1.82, 2.24) is 4.90 Å². The summed E-state index contributed by atoms with van der Waals surface area (Å²) < 4.78 is 0. The molecule has 1 aliphatic heterocycles. The summed E-state index contributed by atoms with van der Waals surface area (Å²) in [6.45, 7) is 0.798. The molecule has 3 nitrogen and oxygen atoms in total. The Kier molecular flexibility index (Phi) is 4.32. The van der Waals surface area contributed by atoms with Crippen molar-refractivity contribution < 1.29 is 9.90 Å². The number of thioether (sulfide) groups is 1. The smallest absolute Gasteiger partial charge is 0.228 e. The molecule has 1 heterocycles. The number of rotatable bonds is 2. The quantitative estimate of drug-likeness (QED) is 0.910. The zero-order chi connectivity index (χ0) is 13.9. The molecular weight excluding hydrogens is 270 g/mol. The van der Waals surface area contributed by atoms with Crippen LogP contribution in [0, 0.1) is 5.92 Å². The van der Waals surface area contributed by atoms with E-state index >= 15 is 0 Å². The van der Waals surface area contributed by atoms with Crippen LogP contribution in [0.15, 0.2) is 30.3 Å². The molecule has 1 saturated carbocycles. The standard InChI is InChI=1S/C16H21NO2S/c18-15-8-4-7-13(15)16(19)17-9-10-20-11-14(17)12-5-2-1-3-6-12/h1-3,5-6,13-15,18H,4,7-11H2. The van der Waals surface area contributed by atoms with E-state index in [2.05, 4.69) is 12.1 Å². The first kappa shape index (κ1) is 14.0. The van der Waals surface area contributed by atoms with Crippen LogP contribution in [0.25, 0.3) is 0 Å². The van der Waals surface area contributed by atoms with Gasteiger partial charge in [0.2, 0.25) is 5.91 Å². The second-order valence-corrected chi connectivity index (χ2v) is 6.79. The van der Waals surface area contributed by atoms with E-state index in [1.54, 1.807) is 0 Å². The van der Waals surface area contributed by atoms with Crippen LogP contribution in [0.4, 0.5) is 0 Å². The third-order valence-corrected chi connectivity index (χ3v) is 5.42. The SMILES string of the molecule is O=C(C1CCCC1O)N1CCSCC1c1ccccc1. The lowest BCUT2D eigenvalue weighted by atomic mass is 10.0. The van der Waals surface area contributed by atoms with E-state index in [1.807, 2.05) is 34.9 Å². The van der Waals surface area contributed by atoms with Gasteiger partial charge in [-0.05, 0) is 24.8 Å². The van der Waals surface area contributed by atoms with Gasteiger partial charge in [0.25, 0.3) is 0 Å². The van der Waals surface area contributed by atoms with E-state index < -0.39 is 6.10 Å². The summed E-state index contributed by atoms with van der Waals surface area (Å²) in [6.07, 6.45) is 2.14. The van der Waals surface area contributed by atoms with Crippen LogP contribution in [-0.2, 0) is 4.79 Å². The number of hydrogen-bond donors (Lipinski definition) is 1. The molecule has 108 valence electrons. The highest BCUT2D eigenvalue weighted by Crippen LogP contribution is 2.34. The summed E-state index contributed by atoms with van der Waals surface area (Å²) in [7, 11) is 0. The summed E-state index contributed by atoms with van der Waals surface area (Å²) in [6, 6.07) is 10.4. The first-order valence-corrected chi connectivity index (χ1v) is 8.54. The fraction of sp³-hybridized carbons (Fsp3) is 0.562. The molecule has 3 rings (SSSR count). The minimum absolute atomic E-state index is 0.157. The molecule has 0 radical (unpaired) electrons. The predicted molar refractivity (Wildman–Crippen MR) is 81.6 cm³/mol. The zero-order valence-electron chi connectivity index (χ0n) is 11.6. The van der Waals surface area contributed by atoms with Gasteiger partial charge in [0.05, 0.1) is 18.1 Å². The molecule has 1 aromatic rings. The molecule has 0 bridgehead atoms. The topological polar surface area (TPSA) is 40.5 Å². The second kappa shape index (κ2) is 6.19. The Hall–Kier alpha value is -1.00. The Bertz CT molecular complexity index is 465. The van der Waals surface area contributed by atoms with Crippen LogP contribution in [0.1, 0.15) is 30.9 Å². The van der Waals surface area contributed by atoms with Gasteiger partial charge in [0, 0.05) is 18.1 Å². The highest BCUT2D eigenvalue weighted by atomic mass is 32.2. The average Bonchev–Trinajstić information content (AvgIpc) is 2.93. The summed E-state index contributed by atoms with van der Waals surface area (Å²) in [4.78, 5) is 14.8. The molecule has 0 aromatic heterocycles. The summed E-state index contributed by atoms with van der Waals surface area (Å²) >= 11 is 1.91. The molecule has 1 saturated heterocycles. The third-order valence-electron chi connectivity index (χ3n) is 4.39. The van der Waals surface area contributed by atoms with Crippen LogP contribution in [0.5, 0.6) is 0 Å². The molecule has 2 aliphatic rings. The molecule has 1 amide bonds. The van der Waals surface area contributed by atoms with Gasteiger partial charge >= 0.3 is 0 Å². The van der Waals surface area contributed by atoms with Crippen molar-refractivity contribution in [2.24, 2.45) is 5.92 Å². The van der Waals surface area contributed by atoms with Gasteiger partial charge in [0.1, 0.15) is 0 Å². The number of amides is 1. The van der Waals surface area contributed by atoms with Gasteiger partial charge in [0.15, 0.2) is 0 Å². The van der Waals surface area contributed by atoms with Crippen molar-refractivity contribution >= 4 is 17.7 Å². The number of benzene rings is 1. The summed E-state index contributed by atoms with van der Waals surface area (Å²) in [5.74, 6) is 1.93. The molecule has 2 fully saturated rings. The van der Waals surface area contributed by atoms with Crippen molar-refractivity contribution in [3.8, 4) is 0 Å². The molecule has 1 N–H and O–H groups in total. The van der Waals surface area contributed by atoms with Crippen LogP contribution in [-0.4, -0.2) is 40.1 Å². The van der Waals surface area contributed by atoms with Crippen molar-refractivity contribution in [2.75, 3.05) is 18.1 Å². The van der Waals surface area contributed by atoms with Crippen molar-refractivity contribution in [1.29, 1.82) is 0 Å². The van der Waals surface area contributed by atoms with E-state index in [9.17, 15) is 9.90 Å². The lowest BCUT2D eigenvalue weighted by Crippen LogP contribution is -2.45. The largest absolute Gasteiger partial charge is 0.392 e. The van der Waals surface area contributed by atoms with Crippen LogP contribution in [0.3, 0.4) is 0 Å². The van der Waals surface area contributed by atoms with Crippen LogP contribution in [0.2, 0.25) is 0 Å². The van der Waals surface area contributed by atoms with Gasteiger partial charge < -0.3 is 10.0 Å². The number of carbonyl (C=O) groups excluding carboxylic acids is 1. The Morgan fingerprint density at radius 2 is 2.05 bits per heavy atom. The fourth-order valence-electron chi connectivity index (χ4n) is 3.26. The van der Waals surface area contributed by atoms with Gasteiger partial charge in [-0.15, -0.1) is 0 Å². The highest BCUT2D eigenvalue weighted by molar-refractivity contribution is 7.99. The molecule has 20 heavy (non-hydrogen) atoms. The number of aliphatic hydroxyl groups is 1. The predicted octanol–water partition coefficient (Wildman–Crippen LogP) is 2.46. The zero-order valence-corrected chi connectivity index (χ0v) is 12.4. The number of carbonyl (C=O) groups is 1. The van der Waals surface area contributed by atoms with Crippen molar-refractivity contribution in [3.63, 3.8) is 0 Å². The molecule has 0 spiro atoms. The maximum Gasteiger partial charge on any atom is 0.228 e. The van der Waals surface area contributed by atoms with Crippen LogP contribution < -0.4 is 0 Å². The molecule has 1 aliphatic carbocycles. The Balaban J connectivity index is 1.80. The van der Waals surface area contributed by atoms with Crippen LogP contribution >= 0.6 is 11.8 Å².